The lowest BCUT2D eigenvalue weighted by molar-refractivity contribution is -0.176. The number of pyridine rings is 1. The van der Waals surface area contributed by atoms with Crippen LogP contribution in [-0.2, 0) is 36.4 Å². The first-order valence-electron chi connectivity index (χ1n) is 13.8. The quantitative estimate of drug-likeness (QED) is 0.417. The minimum atomic E-state index is -3.63. The summed E-state index contributed by atoms with van der Waals surface area (Å²) in [6.07, 6.45) is 1.49. The van der Waals surface area contributed by atoms with Crippen LogP contribution < -0.4 is 10.9 Å². The third kappa shape index (κ3) is 5.30. The summed E-state index contributed by atoms with van der Waals surface area (Å²) in [6.45, 7) is 11.2. The van der Waals surface area contributed by atoms with Crippen molar-refractivity contribution < 1.29 is 22.7 Å². The van der Waals surface area contributed by atoms with Crippen LogP contribution in [0.5, 0.6) is 0 Å². The SMILES string of the molecule is CC(C)(C)OC(=O)[C@@H]1CC[C@@](CC#N)(n2nc(Nc3ccc4c(c3)CN(C(C)(C)C)S4(=O)=O)c3c(=O)[nH]ccc32)CO1. The molecular formula is C29H36N6O6S. The van der Waals surface area contributed by atoms with Crippen LogP contribution in [0.25, 0.3) is 10.9 Å². The normalized spacial score (nSPS) is 22.5. The fourth-order valence-electron chi connectivity index (χ4n) is 5.54. The van der Waals surface area contributed by atoms with E-state index in [2.05, 4.69) is 16.4 Å². The fraction of sp³-hybridized carbons (Fsp3) is 0.517. The predicted octanol–water partition coefficient (Wildman–Crippen LogP) is 3.90. The first-order chi connectivity index (χ1) is 19.6. The molecule has 0 unspecified atom stereocenters. The van der Waals surface area contributed by atoms with Crippen LogP contribution in [0.2, 0.25) is 0 Å². The van der Waals surface area contributed by atoms with Crippen LogP contribution in [0.4, 0.5) is 11.5 Å². The molecule has 1 aromatic carbocycles. The summed E-state index contributed by atoms with van der Waals surface area (Å²) in [4.78, 5) is 28.6. The monoisotopic (exact) mass is 596 g/mol. The van der Waals surface area contributed by atoms with E-state index < -0.39 is 38.8 Å². The number of aromatic amines is 1. The van der Waals surface area contributed by atoms with E-state index in [4.69, 9.17) is 14.6 Å². The minimum Gasteiger partial charge on any atom is -0.458 e. The Hall–Kier alpha value is -3.73. The second kappa shape index (κ2) is 10.2. The van der Waals surface area contributed by atoms with Gasteiger partial charge in [-0.25, -0.2) is 13.2 Å². The van der Waals surface area contributed by atoms with Crippen LogP contribution in [0.15, 0.2) is 40.2 Å². The van der Waals surface area contributed by atoms with Gasteiger partial charge in [-0.3, -0.25) is 9.48 Å². The summed E-state index contributed by atoms with van der Waals surface area (Å²) in [5, 5.41) is 18.0. The molecule has 0 bridgehead atoms. The van der Waals surface area contributed by atoms with Gasteiger partial charge in [0.25, 0.3) is 5.56 Å². The molecule has 2 atom stereocenters. The van der Waals surface area contributed by atoms with Crippen molar-refractivity contribution in [3.8, 4) is 6.07 Å². The number of nitrogens with zero attached hydrogens (tertiary/aromatic N) is 4. The molecule has 2 N–H and O–H groups in total. The number of aromatic nitrogens is 3. The van der Waals surface area contributed by atoms with Crippen LogP contribution in [-0.4, -0.2) is 57.3 Å². The molecule has 0 aliphatic carbocycles. The summed E-state index contributed by atoms with van der Waals surface area (Å²) < 4.78 is 40.8. The second-order valence-corrected chi connectivity index (χ2v) is 14.7. The first kappa shape index (κ1) is 29.8. The van der Waals surface area contributed by atoms with E-state index in [-0.39, 0.29) is 41.2 Å². The molecular weight excluding hydrogens is 560 g/mol. The molecule has 2 aliphatic heterocycles. The molecule has 1 fully saturated rings. The van der Waals surface area contributed by atoms with Gasteiger partial charge in [-0.05, 0) is 84.2 Å². The largest absolute Gasteiger partial charge is 0.458 e. The number of carbonyl (C=O) groups excluding carboxylic acids is 1. The number of hydrogen-bond donors (Lipinski definition) is 2. The summed E-state index contributed by atoms with van der Waals surface area (Å²) in [5.41, 5.74) is -0.853. The molecule has 0 spiro atoms. The third-order valence-electron chi connectivity index (χ3n) is 7.51. The van der Waals surface area contributed by atoms with E-state index in [1.807, 2.05) is 20.8 Å². The number of benzene rings is 1. The number of nitrogens with one attached hydrogen (secondary N) is 2. The molecule has 2 aliphatic rings. The lowest BCUT2D eigenvalue weighted by Gasteiger charge is -2.39. The van der Waals surface area contributed by atoms with Crippen molar-refractivity contribution in [1.82, 2.24) is 19.1 Å². The Morgan fingerprint density at radius 2 is 2.00 bits per heavy atom. The summed E-state index contributed by atoms with van der Waals surface area (Å²) >= 11 is 0. The lowest BCUT2D eigenvalue weighted by Crippen LogP contribution is -2.47. The number of ether oxygens (including phenoxy) is 2. The number of rotatable bonds is 5. The number of H-pyrrole nitrogens is 1. The van der Waals surface area contributed by atoms with E-state index in [0.717, 1.165) is 0 Å². The Balaban J connectivity index is 1.50. The van der Waals surface area contributed by atoms with Gasteiger partial charge in [0.1, 0.15) is 11.0 Å². The zero-order valence-electron chi connectivity index (χ0n) is 24.6. The van der Waals surface area contributed by atoms with Crippen molar-refractivity contribution in [3.05, 3.63) is 46.4 Å². The number of sulfonamides is 1. The first-order valence-corrected chi connectivity index (χ1v) is 15.2. The van der Waals surface area contributed by atoms with Crippen molar-refractivity contribution in [2.45, 2.75) is 95.0 Å². The Kier molecular flexibility index (Phi) is 7.24. The Morgan fingerprint density at radius 3 is 2.62 bits per heavy atom. The van der Waals surface area contributed by atoms with E-state index in [1.54, 1.807) is 49.7 Å². The molecule has 1 saturated heterocycles. The molecule has 2 aromatic heterocycles. The van der Waals surface area contributed by atoms with Crippen molar-refractivity contribution >= 4 is 38.4 Å². The number of carbonyl (C=O) groups is 1. The highest BCUT2D eigenvalue weighted by Crippen LogP contribution is 2.39. The molecule has 0 radical (unpaired) electrons. The van der Waals surface area contributed by atoms with Crippen LogP contribution >= 0.6 is 0 Å². The average Bonchev–Trinajstić information content (AvgIpc) is 3.39. The Labute approximate surface area is 244 Å². The van der Waals surface area contributed by atoms with E-state index in [1.165, 1.54) is 10.5 Å². The van der Waals surface area contributed by atoms with Crippen molar-refractivity contribution in [1.29, 1.82) is 5.26 Å². The molecule has 0 saturated carbocycles. The van der Waals surface area contributed by atoms with Gasteiger partial charge >= 0.3 is 5.97 Å². The number of esters is 1. The molecule has 13 heteroatoms. The molecule has 224 valence electrons. The summed E-state index contributed by atoms with van der Waals surface area (Å²) in [7, 11) is -3.63. The smallest absolute Gasteiger partial charge is 0.335 e. The van der Waals surface area contributed by atoms with Gasteiger partial charge in [-0.15, -0.1) is 0 Å². The standard InChI is InChI=1S/C29H36N6O6S/c1-27(2,3)34-16-18-15-19(7-8-22(18)42(34,38)39)32-24-23-20(10-14-31-25(23)36)35(33-24)29(12-13-30)11-9-21(40-17-29)26(37)41-28(4,5)6/h7-8,10,14-15,21H,9,11-12,16-17H2,1-6H3,(H,31,36)(H,32,33)/t21-,29-/m0/s1. The van der Waals surface area contributed by atoms with Crippen molar-refractivity contribution in [2.24, 2.45) is 0 Å². The van der Waals surface area contributed by atoms with E-state index >= 15 is 0 Å². The Morgan fingerprint density at radius 1 is 1.26 bits per heavy atom. The van der Waals surface area contributed by atoms with Gasteiger partial charge in [-0.1, -0.05) is 0 Å². The number of nitriles is 1. The zero-order valence-corrected chi connectivity index (χ0v) is 25.5. The maximum atomic E-state index is 13.1. The van der Waals surface area contributed by atoms with Crippen molar-refractivity contribution in [3.63, 3.8) is 0 Å². The van der Waals surface area contributed by atoms with E-state index in [0.29, 0.717) is 29.6 Å². The second-order valence-electron chi connectivity index (χ2n) is 12.9. The van der Waals surface area contributed by atoms with Gasteiger partial charge < -0.3 is 19.8 Å². The van der Waals surface area contributed by atoms with Gasteiger partial charge in [-0.2, -0.15) is 14.7 Å². The third-order valence-corrected chi connectivity index (χ3v) is 9.72. The minimum absolute atomic E-state index is 0.0207. The highest BCUT2D eigenvalue weighted by molar-refractivity contribution is 7.89. The summed E-state index contributed by atoms with van der Waals surface area (Å²) in [5.74, 6) is -0.201. The van der Waals surface area contributed by atoms with Crippen LogP contribution in [0.1, 0.15) is 66.4 Å². The maximum Gasteiger partial charge on any atom is 0.335 e. The highest BCUT2D eigenvalue weighted by Gasteiger charge is 2.44. The summed E-state index contributed by atoms with van der Waals surface area (Å²) in [6, 6.07) is 8.89. The molecule has 42 heavy (non-hydrogen) atoms. The predicted molar refractivity (Wildman–Crippen MR) is 156 cm³/mol. The topological polar surface area (TPSA) is 159 Å². The Bertz CT molecular complexity index is 1750. The van der Waals surface area contributed by atoms with Crippen molar-refractivity contribution in [2.75, 3.05) is 11.9 Å². The van der Waals surface area contributed by atoms with Crippen LogP contribution in [0, 0.1) is 11.3 Å². The molecule has 12 nitrogen and oxygen atoms in total. The van der Waals surface area contributed by atoms with Gasteiger partial charge in [0, 0.05) is 24.0 Å². The number of anilines is 2. The molecule has 3 aromatic rings. The molecule has 4 heterocycles. The number of fused-ring (bicyclic) bond motifs is 2. The van der Waals surface area contributed by atoms with Gasteiger partial charge in [0.15, 0.2) is 11.9 Å². The molecule has 0 amide bonds. The van der Waals surface area contributed by atoms with E-state index in [9.17, 15) is 23.3 Å². The van der Waals surface area contributed by atoms with Gasteiger partial charge in [0.05, 0.1) is 35.0 Å². The maximum absolute atomic E-state index is 13.1. The van der Waals surface area contributed by atoms with Gasteiger partial charge in [0.2, 0.25) is 10.0 Å². The molecule has 5 rings (SSSR count). The highest BCUT2D eigenvalue weighted by atomic mass is 32.2. The lowest BCUT2D eigenvalue weighted by atomic mass is 9.87. The average molecular weight is 597 g/mol. The number of hydrogen-bond acceptors (Lipinski definition) is 9. The zero-order chi connectivity index (χ0) is 30.7. The fourth-order valence-corrected chi connectivity index (χ4v) is 7.51. The van der Waals surface area contributed by atoms with Crippen LogP contribution in [0.3, 0.4) is 0 Å².